The molecule has 0 bridgehead atoms. The van der Waals surface area contributed by atoms with Gasteiger partial charge < -0.3 is 15.0 Å². The molecule has 0 unspecified atom stereocenters. The van der Waals surface area contributed by atoms with Crippen LogP contribution in [-0.2, 0) is 18.3 Å². The van der Waals surface area contributed by atoms with Crippen molar-refractivity contribution in [1.82, 2.24) is 20.0 Å². The molecule has 0 saturated heterocycles. The fraction of sp³-hybridized carbons (Fsp3) is 0.789. The number of nitrogens with one attached hydrogen (secondary N) is 1. The first-order chi connectivity index (χ1) is 11.9. The van der Waals surface area contributed by atoms with Crippen LogP contribution in [0.15, 0.2) is 11.2 Å². The van der Waals surface area contributed by atoms with Crippen molar-refractivity contribution in [3.8, 4) is 0 Å². The highest BCUT2D eigenvalue weighted by Crippen LogP contribution is 2.43. The smallest absolute Gasteiger partial charge is 0.193 e. The molecule has 0 radical (unpaired) electrons. The first kappa shape index (κ1) is 19.8. The Hall–Kier alpha value is -1.56. The number of nitrogens with zero attached hydrogens (tertiary/aromatic N) is 4. The number of aromatic nitrogens is 2. The summed E-state index contributed by atoms with van der Waals surface area (Å²) in [6.07, 6.45) is 7.13. The van der Waals surface area contributed by atoms with Crippen molar-refractivity contribution in [2.24, 2.45) is 17.5 Å². The number of aryl methyl sites for hydroxylation is 1. The van der Waals surface area contributed by atoms with E-state index in [0.717, 1.165) is 32.1 Å². The van der Waals surface area contributed by atoms with Gasteiger partial charge in [0.05, 0.1) is 5.69 Å². The molecular formula is C19H35N5O. The van der Waals surface area contributed by atoms with Gasteiger partial charge in [-0.1, -0.05) is 20.3 Å². The molecule has 0 aliphatic heterocycles. The Kier molecular flexibility index (Phi) is 6.87. The van der Waals surface area contributed by atoms with Gasteiger partial charge in [-0.25, -0.2) is 0 Å². The monoisotopic (exact) mass is 349 g/mol. The number of aliphatic imine (C=N–C) groups is 1. The molecule has 0 aromatic carbocycles. The van der Waals surface area contributed by atoms with Crippen LogP contribution < -0.4 is 5.32 Å². The maximum Gasteiger partial charge on any atom is 0.193 e. The van der Waals surface area contributed by atoms with E-state index in [1.807, 2.05) is 18.8 Å². The van der Waals surface area contributed by atoms with Crippen LogP contribution in [0.4, 0.5) is 0 Å². The molecule has 0 spiro atoms. The van der Waals surface area contributed by atoms with E-state index < -0.39 is 0 Å². The Labute approximate surface area is 152 Å². The predicted molar refractivity (Wildman–Crippen MR) is 103 cm³/mol. The van der Waals surface area contributed by atoms with Gasteiger partial charge in [0.2, 0.25) is 0 Å². The zero-order chi connectivity index (χ0) is 18.4. The summed E-state index contributed by atoms with van der Waals surface area (Å²) < 4.78 is 7.20. The minimum atomic E-state index is 0.379. The lowest BCUT2D eigenvalue weighted by Gasteiger charge is -2.42. The number of rotatable bonds is 8. The highest BCUT2D eigenvalue weighted by molar-refractivity contribution is 5.79. The van der Waals surface area contributed by atoms with E-state index in [0.29, 0.717) is 11.3 Å². The lowest BCUT2D eigenvalue weighted by molar-refractivity contribution is 0.0727. The first-order valence-corrected chi connectivity index (χ1v) is 9.34. The summed E-state index contributed by atoms with van der Waals surface area (Å²) in [7, 11) is 7.72. The maximum atomic E-state index is 5.29. The summed E-state index contributed by atoms with van der Waals surface area (Å²) in [5, 5.41) is 8.20. The van der Waals surface area contributed by atoms with Gasteiger partial charge in [0.15, 0.2) is 5.96 Å². The lowest BCUT2D eigenvalue weighted by atomic mass is 9.67. The molecule has 1 N–H and O–H groups in total. The van der Waals surface area contributed by atoms with Crippen LogP contribution in [0.1, 0.15) is 56.7 Å². The molecule has 6 heteroatoms. The Morgan fingerprint density at radius 2 is 2.20 bits per heavy atom. The van der Waals surface area contributed by atoms with E-state index in [4.69, 9.17) is 4.74 Å². The molecular weight excluding hydrogens is 314 g/mol. The molecule has 1 aliphatic carbocycles. The van der Waals surface area contributed by atoms with E-state index in [1.54, 1.807) is 7.11 Å². The molecule has 1 fully saturated rings. The van der Waals surface area contributed by atoms with E-state index in [9.17, 15) is 0 Å². The second kappa shape index (κ2) is 8.70. The van der Waals surface area contributed by atoms with Crippen LogP contribution in [0.3, 0.4) is 0 Å². The highest BCUT2D eigenvalue weighted by atomic mass is 16.5. The van der Waals surface area contributed by atoms with Crippen molar-refractivity contribution in [3.05, 3.63) is 17.5 Å². The molecule has 1 aliphatic rings. The molecule has 25 heavy (non-hydrogen) atoms. The average Bonchev–Trinajstić information content (AvgIpc) is 2.90. The molecule has 1 saturated carbocycles. The zero-order valence-corrected chi connectivity index (χ0v) is 16.8. The highest BCUT2D eigenvalue weighted by Gasteiger charge is 2.36. The lowest BCUT2D eigenvalue weighted by Crippen LogP contribution is -2.47. The van der Waals surface area contributed by atoms with E-state index in [1.165, 1.54) is 30.5 Å². The molecule has 2 rings (SSSR count). The Bertz CT molecular complexity index is 574. The summed E-state index contributed by atoms with van der Waals surface area (Å²) in [5.74, 6) is 1.37. The van der Waals surface area contributed by atoms with E-state index in [-0.39, 0.29) is 0 Å². The molecule has 0 atom stereocenters. The number of hydrogen-bond acceptors (Lipinski definition) is 3. The largest absolute Gasteiger partial charge is 0.385 e. The van der Waals surface area contributed by atoms with Crippen LogP contribution in [0.25, 0.3) is 0 Å². The Morgan fingerprint density at radius 3 is 2.72 bits per heavy atom. The SMILES string of the molecule is CN=C(NCC1(CCOC)CCC1)N(C)Cc1cn(C)nc1C(C)C. The molecule has 1 aromatic heterocycles. The number of ether oxygens (including phenoxy) is 1. The van der Waals surface area contributed by atoms with Crippen LogP contribution in [0.5, 0.6) is 0 Å². The molecule has 1 heterocycles. The van der Waals surface area contributed by atoms with Gasteiger partial charge in [-0.3, -0.25) is 9.67 Å². The second-order valence-electron chi connectivity index (χ2n) is 7.72. The molecule has 142 valence electrons. The third-order valence-corrected chi connectivity index (χ3v) is 5.34. The summed E-state index contributed by atoms with van der Waals surface area (Å²) >= 11 is 0. The second-order valence-corrected chi connectivity index (χ2v) is 7.72. The van der Waals surface area contributed by atoms with Crippen molar-refractivity contribution >= 4 is 5.96 Å². The van der Waals surface area contributed by atoms with Crippen molar-refractivity contribution in [2.75, 3.05) is 34.4 Å². The van der Waals surface area contributed by atoms with Gasteiger partial charge in [0.1, 0.15) is 0 Å². The van der Waals surface area contributed by atoms with E-state index >= 15 is 0 Å². The normalized spacial score (nSPS) is 16.8. The van der Waals surface area contributed by atoms with Crippen LogP contribution in [0.2, 0.25) is 0 Å². The van der Waals surface area contributed by atoms with Crippen molar-refractivity contribution in [2.45, 2.75) is 52.0 Å². The minimum Gasteiger partial charge on any atom is -0.385 e. The van der Waals surface area contributed by atoms with Crippen LogP contribution >= 0.6 is 0 Å². The number of methoxy groups -OCH3 is 1. The Balaban J connectivity index is 1.96. The zero-order valence-electron chi connectivity index (χ0n) is 16.8. The summed E-state index contributed by atoms with van der Waals surface area (Å²) in [6, 6.07) is 0. The maximum absolute atomic E-state index is 5.29. The fourth-order valence-electron chi connectivity index (χ4n) is 3.65. The molecule has 0 amide bonds. The van der Waals surface area contributed by atoms with Crippen molar-refractivity contribution < 1.29 is 4.74 Å². The molecule has 6 nitrogen and oxygen atoms in total. The summed E-state index contributed by atoms with van der Waals surface area (Å²) in [6.45, 7) is 7.00. The quantitative estimate of drug-likeness (QED) is 0.579. The van der Waals surface area contributed by atoms with Gasteiger partial charge in [-0.15, -0.1) is 0 Å². The third kappa shape index (κ3) is 4.97. The van der Waals surface area contributed by atoms with Crippen LogP contribution in [-0.4, -0.2) is 55.0 Å². The van der Waals surface area contributed by atoms with Crippen LogP contribution in [0, 0.1) is 5.41 Å². The van der Waals surface area contributed by atoms with Gasteiger partial charge in [0.25, 0.3) is 0 Å². The standard InChI is InChI=1S/C19H35N5O/c1-15(2)17-16(13-24(5)22-17)12-23(4)18(20-3)21-14-19(8-7-9-19)10-11-25-6/h13,15H,7-12,14H2,1-6H3,(H,20,21). The average molecular weight is 350 g/mol. The number of guanidine groups is 1. The van der Waals surface area contributed by atoms with Gasteiger partial charge >= 0.3 is 0 Å². The summed E-state index contributed by atoms with van der Waals surface area (Å²) in [4.78, 5) is 6.67. The fourth-order valence-corrected chi connectivity index (χ4v) is 3.65. The van der Waals surface area contributed by atoms with Crippen molar-refractivity contribution in [3.63, 3.8) is 0 Å². The number of hydrogen-bond donors (Lipinski definition) is 1. The first-order valence-electron chi connectivity index (χ1n) is 9.34. The van der Waals surface area contributed by atoms with Crippen molar-refractivity contribution in [1.29, 1.82) is 0 Å². The topological polar surface area (TPSA) is 54.7 Å². The molecule has 1 aromatic rings. The third-order valence-electron chi connectivity index (χ3n) is 5.34. The van der Waals surface area contributed by atoms with Gasteiger partial charge in [-0.05, 0) is 30.6 Å². The minimum absolute atomic E-state index is 0.379. The van der Waals surface area contributed by atoms with Gasteiger partial charge in [-0.2, -0.15) is 5.10 Å². The predicted octanol–water partition coefficient (Wildman–Crippen LogP) is 2.76. The Morgan fingerprint density at radius 1 is 1.48 bits per heavy atom. The van der Waals surface area contributed by atoms with E-state index in [2.05, 4.69) is 47.4 Å². The summed E-state index contributed by atoms with van der Waals surface area (Å²) in [5.41, 5.74) is 2.81. The van der Waals surface area contributed by atoms with Gasteiger partial charge in [0, 0.05) is 59.7 Å².